The van der Waals surface area contributed by atoms with Crippen LogP contribution in [0, 0.1) is 10.5 Å². The van der Waals surface area contributed by atoms with Crippen LogP contribution in [0.1, 0.15) is 11.1 Å². The van der Waals surface area contributed by atoms with E-state index in [9.17, 15) is 19.2 Å². The van der Waals surface area contributed by atoms with Crippen molar-refractivity contribution in [3.63, 3.8) is 0 Å². The molecule has 11 heteroatoms. The number of barbiturate groups is 1. The molecule has 0 saturated carbocycles. The summed E-state index contributed by atoms with van der Waals surface area (Å²) in [7, 11) is 1.40. The number of nitrogens with two attached hydrogens (primary N) is 1. The van der Waals surface area contributed by atoms with Crippen LogP contribution >= 0.6 is 34.2 Å². The fraction of sp³-hybridized carbons (Fsp3) is 0.143. The second-order valence-corrected chi connectivity index (χ2v) is 8.28. The Balaban J connectivity index is 2.03. The maximum atomic E-state index is 13.1. The Hall–Kier alpha value is -3.12. The fourth-order valence-electron chi connectivity index (χ4n) is 2.97. The summed E-state index contributed by atoms with van der Waals surface area (Å²) in [5.74, 6) is -1.72. The first kappa shape index (κ1) is 23.5. The molecule has 1 heterocycles. The maximum Gasteiger partial charge on any atom is 0.335 e. The molecule has 0 radical (unpaired) electrons. The first-order valence-corrected chi connectivity index (χ1v) is 10.5. The minimum Gasteiger partial charge on any atom is -0.493 e. The Morgan fingerprint density at radius 2 is 1.97 bits per heavy atom. The summed E-state index contributed by atoms with van der Waals surface area (Å²) in [6, 6.07) is 7.04. The molecule has 0 bridgehead atoms. The van der Waals surface area contributed by atoms with Gasteiger partial charge in [-0.2, -0.15) is 0 Å². The molecule has 3 N–H and O–H groups in total. The lowest BCUT2D eigenvalue weighted by Gasteiger charge is -2.27. The van der Waals surface area contributed by atoms with Gasteiger partial charge in [-0.1, -0.05) is 17.7 Å². The highest BCUT2D eigenvalue weighted by Crippen LogP contribution is 2.35. The summed E-state index contributed by atoms with van der Waals surface area (Å²) in [6.45, 7) is 1.37. The summed E-state index contributed by atoms with van der Waals surface area (Å²) in [5, 5.41) is 2.50. The van der Waals surface area contributed by atoms with Gasteiger partial charge in [0.2, 0.25) is 0 Å². The van der Waals surface area contributed by atoms with Crippen LogP contribution in [0.2, 0.25) is 5.02 Å². The van der Waals surface area contributed by atoms with Gasteiger partial charge in [-0.3, -0.25) is 19.7 Å². The molecule has 166 valence electrons. The number of ether oxygens (including phenoxy) is 2. The summed E-state index contributed by atoms with van der Waals surface area (Å²) < 4.78 is 11.2. The summed E-state index contributed by atoms with van der Waals surface area (Å²) in [5.41, 5.74) is 6.19. The number of aryl methyl sites for hydroxylation is 1. The monoisotopic (exact) mass is 569 g/mol. The lowest BCUT2D eigenvalue weighted by molar-refractivity contribution is -0.123. The van der Waals surface area contributed by atoms with Crippen molar-refractivity contribution >= 4 is 69.7 Å². The molecule has 1 saturated heterocycles. The number of primary amides is 1. The van der Waals surface area contributed by atoms with Crippen LogP contribution in [-0.2, 0) is 14.4 Å². The predicted octanol–water partition coefficient (Wildman–Crippen LogP) is 2.79. The predicted molar refractivity (Wildman–Crippen MR) is 126 cm³/mol. The molecule has 2 aromatic rings. The first-order chi connectivity index (χ1) is 15.1. The number of nitrogens with zero attached hydrogens (tertiary/aromatic N) is 1. The third kappa shape index (κ3) is 4.86. The number of urea groups is 1. The van der Waals surface area contributed by atoms with Gasteiger partial charge in [0.15, 0.2) is 18.1 Å². The zero-order valence-corrected chi connectivity index (χ0v) is 19.8. The number of nitrogens with one attached hydrogen (secondary N) is 1. The van der Waals surface area contributed by atoms with E-state index < -0.39 is 23.8 Å². The zero-order chi connectivity index (χ0) is 23.6. The van der Waals surface area contributed by atoms with E-state index in [4.69, 9.17) is 26.8 Å². The van der Waals surface area contributed by atoms with E-state index in [0.717, 1.165) is 4.90 Å². The molecule has 0 spiro atoms. The number of hydrogen-bond acceptors (Lipinski definition) is 6. The number of anilines is 1. The van der Waals surface area contributed by atoms with E-state index in [1.54, 1.807) is 25.1 Å². The number of amides is 5. The Morgan fingerprint density at radius 3 is 2.62 bits per heavy atom. The molecule has 5 amide bonds. The van der Waals surface area contributed by atoms with Crippen molar-refractivity contribution in [3.05, 3.63) is 55.6 Å². The van der Waals surface area contributed by atoms with Crippen molar-refractivity contribution in [2.75, 3.05) is 18.6 Å². The van der Waals surface area contributed by atoms with Crippen LogP contribution in [0.15, 0.2) is 35.9 Å². The van der Waals surface area contributed by atoms with Crippen molar-refractivity contribution in [1.82, 2.24) is 5.32 Å². The second kappa shape index (κ2) is 9.57. The summed E-state index contributed by atoms with van der Waals surface area (Å²) >= 11 is 7.99. The quantitative estimate of drug-likeness (QED) is 0.313. The van der Waals surface area contributed by atoms with Crippen molar-refractivity contribution in [2.24, 2.45) is 5.73 Å². The van der Waals surface area contributed by atoms with Gasteiger partial charge in [0.1, 0.15) is 5.57 Å². The van der Waals surface area contributed by atoms with Crippen LogP contribution in [0.5, 0.6) is 11.5 Å². The standard InChI is InChI=1S/C21H17ClIN3O6/c1-10-3-4-12(22)8-15(10)26-20(29)13(19(28)25-21(26)30)5-11-6-14(23)18(16(7-11)31-2)32-9-17(24)27/h3-8H,9H2,1-2H3,(H2,24,27)(H,25,28,30)/b13-5+. The van der Waals surface area contributed by atoms with E-state index in [1.807, 2.05) is 22.6 Å². The third-order valence-electron chi connectivity index (χ3n) is 4.44. The highest BCUT2D eigenvalue weighted by atomic mass is 127. The first-order valence-electron chi connectivity index (χ1n) is 9.08. The summed E-state index contributed by atoms with van der Waals surface area (Å²) in [4.78, 5) is 49.9. The Morgan fingerprint density at radius 1 is 1.25 bits per heavy atom. The van der Waals surface area contributed by atoms with Gasteiger partial charge in [0, 0.05) is 5.02 Å². The van der Waals surface area contributed by atoms with Crippen molar-refractivity contribution in [3.8, 4) is 11.5 Å². The van der Waals surface area contributed by atoms with Gasteiger partial charge in [0.05, 0.1) is 16.4 Å². The molecule has 32 heavy (non-hydrogen) atoms. The normalized spacial score (nSPS) is 15.1. The average molecular weight is 570 g/mol. The van der Waals surface area contributed by atoms with E-state index in [1.165, 1.54) is 25.3 Å². The highest BCUT2D eigenvalue weighted by molar-refractivity contribution is 14.1. The number of imide groups is 2. The second-order valence-electron chi connectivity index (χ2n) is 6.68. The van der Waals surface area contributed by atoms with Gasteiger partial charge in [-0.25, -0.2) is 9.69 Å². The van der Waals surface area contributed by atoms with Gasteiger partial charge < -0.3 is 15.2 Å². The molecule has 9 nitrogen and oxygen atoms in total. The fourth-order valence-corrected chi connectivity index (χ4v) is 3.92. The number of methoxy groups -OCH3 is 1. The van der Waals surface area contributed by atoms with Gasteiger partial charge in [0.25, 0.3) is 17.7 Å². The van der Waals surface area contributed by atoms with E-state index in [-0.39, 0.29) is 23.6 Å². The number of carbonyl (C=O) groups excluding carboxylic acids is 4. The van der Waals surface area contributed by atoms with Gasteiger partial charge >= 0.3 is 6.03 Å². The van der Waals surface area contributed by atoms with E-state index in [0.29, 0.717) is 25.5 Å². The Labute approximate surface area is 201 Å². The van der Waals surface area contributed by atoms with E-state index in [2.05, 4.69) is 5.32 Å². The number of rotatable bonds is 6. The largest absolute Gasteiger partial charge is 0.493 e. The SMILES string of the molecule is COc1cc(/C=C2\C(=O)NC(=O)N(c3cc(Cl)ccc3C)C2=O)cc(I)c1OCC(N)=O. The summed E-state index contributed by atoms with van der Waals surface area (Å²) in [6.07, 6.45) is 1.33. The maximum absolute atomic E-state index is 13.1. The molecule has 3 rings (SSSR count). The van der Waals surface area contributed by atoms with Crippen LogP contribution in [0.4, 0.5) is 10.5 Å². The van der Waals surface area contributed by atoms with Gasteiger partial charge in [-0.05, 0) is 71.0 Å². The zero-order valence-electron chi connectivity index (χ0n) is 16.9. The molecule has 0 aromatic heterocycles. The number of halogens is 2. The van der Waals surface area contributed by atoms with Crippen molar-refractivity contribution in [2.45, 2.75) is 6.92 Å². The van der Waals surface area contributed by atoms with E-state index >= 15 is 0 Å². The van der Waals surface area contributed by atoms with Crippen LogP contribution in [0.3, 0.4) is 0 Å². The van der Waals surface area contributed by atoms with Crippen LogP contribution in [-0.4, -0.2) is 37.5 Å². The number of benzene rings is 2. The Bertz CT molecular complexity index is 1180. The number of carbonyl (C=O) groups is 4. The average Bonchev–Trinajstić information content (AvgIpc) is 2.72. The van der Waals surface area contributed by atoms with Crippen LogP contribution in [0.25, 0.3) is 6.08 Å². The lowest BCUT2D eigenvalue weighted by Crippen LogP contribution is -2.54. The van der Waals surface area contributed by atoms with Crippen molar-refractivity contribution in [1.29, 1.82) is 0 Å². The molecule has 1 aliphatic heterocycles. The molecule has 0 atom stereocenters. The Kier molecular flexibility index (Phi) is 7.04. The molecule has 0 unspecified atom stereocenters. The minimum absolute atomic E-state index is 0.257. The minimum atomic E-state index is -0.870. The molecular formula is C21H17ClIN3O6. The smallest absolute Gasteiger partial charge is 0.335 e. The topological polar surface area (TPSA) is 128 Å². The molecular weight excluding hydrogens is 553 g/mol. The van der Waals surface area contributed by atoms with Crippen LogP contribution < -0.4 is 25.4 Å². The molecule has 0 aliphatic carbocycles. The lowest BCUT2D eigenvalue weighted by atomic mass is 10.1. The molecule has 2 aromatic carbocycles. The van der Waals surface area contributed by atoms with Crippen molar-refractivity contribution < 1.29 is 28.7 Å². The highest BCUT2D eigenvalue weighted by Gasteiger charge is 2.37. The molecule has 1 aliphatic rings. The van der Waals surface area contributed by atoms with Gasteiger partial charge in [-0.15, -0.1) is 0 Å². The molecule has 1 fully saturated rings. The number of hydrogen-bond donors (Lipinski definition) is 2. The third-order valence-corrected chi connectivity index (χ3v) is 5.47.